The molecular formula is C17H29Cl2N5O. The van der Waals surface area contributed by atoms with Crippen molar-refractivity contribution in [2.75, 3.05) is 57.3 Å². The fourth-order valence-corrected chi connectivity index (χ4v) is 3.34. The highest BCUT2D eigenvalue weighted by Gasteiger charge is 2.23. The highest BCUT2D eigenvalue weighted by atomic mass is 35.5. The number of amides is 1. The molecule has 0 radical (unpaired) electrons. The molecule has 0 aliphatic carbocycles. The number of carbonyl (C=O) groups excluding carboxylic acids is 1. The number of nitrogens with zero attached hydrogens (tertiary/aromatic N) is 4. The van der Waals surface area contributed by atoms with Crippen molar-refractivity contribution in [1.29, 1.82) is 0 Å². The van der Waals surface area contributed by atoms with E-state index in [0.29, 0.717) is 12.5 Å². The van der Waals surface area contributed by atoms with E-state index in [9.17, 15) is 4.79 Å². The molecule has 0 aromatic carbocycles. The van der Waals surface area contributed by atoms with Crippen LogP contribution in [-0.2, 0) is 4.79 Å². The quantitative estimate of drug-likeness (QED) is 0.839. The zero-order valence-corrected chi connectivity index (χ0v) is 16.4. The lowest BCUT2D eigenvalue weighted by Crippen LogP contribution is -2.52. The van der Waals surface area contributed by atoms with E-state index in [1.807, 2.05) is 29.3 Å². The highest BCUT2D eigenvalue weighted by Crippen LogP contribution is 2.13. The zero-order chi connectivity index (χ0) is 16.1. The number of hydrogen-bond acceptors (Lipinski definition) is 5. The van der Waals surface area contributed by atoms with Gasteiger partial charge in [0.2, 0.25) is 5.91 Å². The van der Waals surface area contributed by atoms with Gasteiger partial charge in [0.05, 0.1) is 0 Å². The van der Waals surface area contributed by atoms with Crippen molar-refractivity contribution in [3.05, 3.63) is 24.4 Å². The Kier molecular flexibility index (Phi) is 9.50. The molecule has 8 heteroatoms. The Bertz CT molecular complexity index is 511. The molecule has 0 saturated carbocycles. The maximum atomic E-state index is 12.4. The lowest BCUT2D eigenvalue weighted by molar-refractivity contribution is -0.132. The lowest BCUT2D eigenvalue weighted by Gasteiger charge is -2.37. The van der Waals surface area contributed by atoms with E-state index < -0.39 is 0 Å². The molecular weight excluding hydrogens is 361 g/mol. The van der Waals surface area contributed by atoms with Crippen molar-refractivity contribution in [3.8, 4) is 0 Å². The van der Waals surface area contributed by atoms with E-state index in [0.717, 1.165) is 58.2 Å². The molecule has 1 amide bonds. The van der Waals surface area contributed by atoms with Crippen LogP contribution in [0.5, 0.6) is 0 Å². The first-order valence-electron chi connectivity index (χ1n) is 8.62. The summed E-state index contributed by atoms with van der Waals surface area (Å²) in [6.07, 6.45) is 2.45. The second-order valence-electron chi connectivity index (χ2n) is 6.39. The largest absolute Gasteiger partial charge is 0.353 e. The van der Waals surface area contributed by atoms with Gasteiger partial charge in [0, 0.05) is 71.0 Å². The van der Waals surface area contributed by atoms with Crippen LogP contribution < -0.4 is 10.2 Å². The van der Waals surface area contributed by atoms with Gasteiger partial charge in [0.15, 0.2) is 0 Å². The number of aromatic nitrogens is 1. The summed E-state index contributed by atoms with van der Waals surface area (Å²) >= 11 is 0. The van der Waals surface area contributed by atoms with Crippen LogP contribution in [0.25, 0.3) is 0 Å². The molecule has 1 N–H and O–H groups in total. The van der Waals surface area contributed by atoms with Gasteiger partial charge in [-0.05, 0) is 19.1 Å². The third-order valence-corrected chi connectivity index (χ3v) is 4.86. The second-order valence-corrected chi connectivity index (χ2v) is 6.39. The summed E-state index contributed by atoms with van der Waals surface area (Å²) in [5.74, 6) is 1.30. The minimum absolute atomic E-state index is 0. The first-order chi connectivity index (χ1) is 11.2. The van der Waals surface area contributed by atoms with Crippen molar-refractivity contribution >= 4 is 36.5 Å². The summed E-state index contributed by atoms with van der Waals surface area (Å²) in [6.45, 7) is 9.53. The van der Waals surface area contributed by atoms with Crippen LogP contribution in [0.2, 0.25) is 0 Å². The average Bonchev–Trinajstić information content (AvgIpc) is 2.62. The van der Waals surface area contributed by atoms with Crippen LogP contribution in [-0.4, -0.2) is 79.1 Å². The van der Waals surface area contributed by atoms with Crippen LogP contribution in [0.4, 0.5) is 5.82 Å². The number of rotatable bonds is 4. The molecule has 0 bridgehead atoms. The predicted molar refractivity (Wildman–Crippen MR) is 106 cm³/mol. The molecule has 2 aliphatic heterocycles. The standard InChI is InChI=1S/C17H27N5O.2ClH/c1-15-14-18-7-9-20(15)8-5-17(23)22-12-10-21(11-13-22)16-4-2-3-6-19-16;;/h2-4,6,15,18H,5,7-14H2,1H3;2*1H/t15-;;/m0../s1. The average molecular weight is 390 g/mol. The predicted octanol–water partition coefficient (Wildman–Crippen LogP) is 1.26. The molecule has 3 heterocycles. The van der Waals surface area contributed by atoms with Gasteiger partial charge in [0.1, 0.15) is 5.82 Å². The Morgan fingerprint density at radius 1 is 1.20 bits per heavy atom. The molecule has 1 aromatic rings. The van der Waals surface area contributed by atoms with E-state index in [2.05, 4.69) is 27.0 Å². The second kappa shape index (κ2) is 10.8. The number of pyridine rings is 1. The van der Waals surface area contributed by atoms with Gasteiger partial charge >= 0.3 is 0 Å². The SMILES string of the molecule is C[C@H]1CNCCN1CCC(=O)N1CCN(c2ccccn2)CC1.Cl.Cl. The minimum Gasteiger partial charge on any atom is -0.353 e. The molecule has 2 saturated heterocycles. The van der Waals surface area contributed by atoms with E-state index in [1.54, 1.807) is 0 Å². The molecule has 1 aromatic heterocycles. The smallest absolute Gasteiger partial charge is 0.223 e. The number of hydrogen-bond donors (Lipinski definition) is 1. The molecule has 0 unspecified atom stereocenters. The highest BCUT2D eigenvalue weighted by molar-refractivity contribution is 5.85. The maximum Gasteiger partial charge on any atom is 0.223 e. The number of piperazine rings is 2. The summed E-state index contributed by atoms with van der Waals surface area (Å²) in [4.78, 5) is 23.5. The van der Waals surface area contributed by atoms with Crippen LogP contribution in [0.1, 0.15) is 13.3 Å². The van der Waals surface area contributed by atoms with Gasteiger partial charge in [-0.25, -0.2) is 4.98 Å². The minimum atomic E-state index is 0. The molecule has 3 rings (SSSR count). The van der Waals surface area contributed by atoms with Gasteiger partial charge in [-0.15, -0.1) is 24.8 Å². The molecule has 142 valence electrons. The Hall–Kier alpha value is -1.08. The number of anilines is 1. The van der Waals surface area contributed by atoms with Gasteiger partial charge in [-0.1, -0.05) is 6.07 Å². The third-order valence-electron chi connectivity index (χ3n) is 4.86. The van der Waals surface area contributed by atoms with Crippen molar-refractivity contribution in [1.82, 2.24) is 20.1 Å². The molecule has 2 aliphatic rings. The summed E-state index contributed by atoms with van der Waals surface area (Å²) in [6, 6.07) is 6.50. The fraction of sp³-hybridized carbons (Fsp3) is 0.647. The maximum absolute atomic E-state index is 12.4. The van der Waals surface area contributed by atoms with Crippen LogP contribution in [0, 0.1) is 0 Å². The monoisotopic (exact) mass is 389 g/mol. The summed E-state index contributed by atoms with van der Waals surface area (Å²) in [5, 5.41) is 3.39. The normalized spacial score (nSPS) is 21.2. The summed E-state index contributed by atoms with van der Waals surface area (Å²) in [7, 11) is 0. The van der Waals surface area contributed by atoms with Crippen molar-refractivity contribution in [2.24, 2.45) is 0 Å². The summed E-state index contributed by atoms with van der Waals surface area (Å²) < 4.78 is 0. The first kappa shape index (κ1) is 22.0. The number of nitrogens with one attached hydrogen (secondary N) is 1. The fourth-order valence-electron chi connectivity index (χ4n) is 3.34. The molecule has 1 atom stereocenters. The zero-order valence-electron chi connectivity index (χ0n) is 14.8. The Balaban J connectivity index is 0.00000156. The number of halogens is 2. The van der Waals surface area contributed by atoms with Crippen molar-refractivity contribution in [3.63, 3.8) is 0 Å². The molecule has 0 spiro atoms. The molecule has 6 nitrogen and oxygen atoms in total. The van der Waals surface area contributed by atoms with Gasteiger partial charge < -0.3 is 15.1 Å². The first-order valence-corrected chi connectivity index (χ1v) is 8.62. The number of carbonyl (C=O) groups is 1. The Morgan fingerprint density at radius 3 is 2.60 bits per heavy atom. The Morgan fingerprint density at radius 2 is 1.96 bits per heavy atom. The van der Waals surface area contributed by atoms with E-state index in [1.165, 1.54) is 0 Å². The third kappa shape index (κ3) is 5.99. The van der Waals surface area contributed by atoms with E-state index >= 15 is 0 Å². The van der Waals surface area contributed by atoms with Crippen molar-refractivity contribution < 1.29 is 4.79 Å². The van der Waals surface area contributed by atoms with Crippen LogP contribution >= 0.6 is 24.8 Å². The van der Waals surface area contributed by atoms with Crippen LogP contribution in [0.15, 0.2) is 24.4 Å². The van der Waals surface area contributed by atoms with Gasteiger partial charge in [0.25, 0.3) is 0 Å². The molecule has 2 fully saturated rings. The molecule has 25 heavy (non-hydrogen) atoms. The van der Waals surface area contributed by atoms with Crippen LogP contribution in [0.3, 0.4) is 0 Å². The Labute approximate surface area is 162 Å². The topological polar surface area (TPSA) is 51.7 Å². The van der Waals surface area contributed by atoms with E-state index in [-0.39, 0.29) is 30.7 Å². The van der Waals surface area contributed by atoms with Crippen molar-refractivity contribution in [2.45, 2.75) is 19.4 Å². The van der Waals surface area contributed by atoms with Gasteiger partial charge in [-0.2, -0.15) is 0 Å². The van der Waals surface area contributed by atoms with Gasteiger partial charge in [-0.3, -0.25) is 9.69 Å². The van der Waals surface area contributed by atoms with E-state index in [4.69, 9.17) is 0 Å². The lowest BCUT2D eigenvalue weighted by atomic mass is 10.2. The summed E-state index contributed by atoms with van der Waals surface area (Å²) in [5.41, 5.74) is 0.